The van der Waals surface area contributed by atoms with Gasteiger partial charge in [-0.15, -0.1) is 0 Å². The van der Waals surface area contributed by atoms with Gasteiger partial charge in [-0.25, -0.2) is 0 Å². The largest absolute Gasteiger partial charge is 0.342 e. The van der Waals surface area contributed by atoms with E-state index >= 15 is 0 Å². The zero-order chi connectivity index (χ0) is 11.2. The summed E-state index contributed by atoms with van der Waals surface area (Å²) in [5.74, 6) is 2.42. The van der Waals surface area contributed by atoms with Crippen molar-refractivity contribution in [1.29, 1.82) is 0 Å². The van der Waals surface area contributed by atoms with Gasteiger partial charge in [0.25, 0.3) is 0 Å². The second-order valence-electron chi connectivity index (χ2n) is 4.02. The maximum Gasteiger partial charge on any atom is 0.222 e. The highest BCUT2D eigenvalue weighted by molar-refractivity contribution is 7.98. The smallest absolute Gasteiger partial charge is 0.222 e. The van der Waals surface area contributed by atoms with Crippen LogP contribution >= 0.6 is 11.8 Å². The minimum atomic E-state index is 0.334. The molecule has 1 aliphatic rings. The average Bonchev–Trinajstić information content (AvgIpc) is 2.72. The molecule has 0 radical (unpaired) electrons. The molecule has 16 heavy (non-hydrogen) atoms. The molecular formula is C13H17NOS. The summed E-state index contributed by atoms with van der Waals surface area (Å²) in [5, 5.41) is 0. The summed E-state index contributed by atoms with van der Waals surface area (Å²) in [6.07, 6.45) is 1.80. The average molecular weight is 235 g/mol. The third kappa shape index (κ3) is 3.27. The van der Waals surface area contributed by atoms with Crippen molar-refractivity contribution in [2.24, 2.45) is 0 Å². The topological polar surface area (TPSA) is 20.3 Å². The Bertz CT molecular complexity index is 339. The second kappa shape index (κ2) is 5.94. The van der Waals surface area contributed by atoms with E-state index in [2.05, 4.69) is 24.3 Å². The molecule has 0 bridgehead atoms. The maximum absolute atomic E-state index is 11.4. The first kappa shape index (κ1) is 11.5. The molecule has 1 heterocycles. The fourth-order valence-corrected chi connectivity index (χ4v) is 2.80. The lowest BCUT2D eigenvalue weighted by atomic mass is 10.2. The summed E-state index contributed by atoms with van der Waals surface area (Å²) in [6.45, 7) is 1.88. The Balaban J connectivity index is 1.64. The van der Waals surface area contributed by atoms with E-state index in [1.54, 1.807) is 0 Å². The number of thioether (sulfide) groups is 1. The molecule has 1 aromatic carbocycles. The first-order valence-electron chi connectivity index (χ1n) is 5.76. The fourth-order valence-electron chi connectivity index (χ4n) is 1.88. The van der Waals surface area contributed by atoms with Crippen molar-refractivity contribution in [3.63, 3.8) is 0 Å². The minimum absolute atomic E-state index is 0.334. The summed E-state index contributed by atoms with van der Waals surface area (Å²) in [7, 11) is 0. The van der Waals surface area contributed by atoms with Crippen LogP contribution in [-0.4, -0.2) is 29.6 Å². The van der Waals surface area contributed by atoms with E-state index in [4.69, 9.17) is 0 Å². The minimum Gasteiger partial charge on any atom is -0.342 e. The van der Waals surface area contributed by atoms with Crippen LogP contribution in [0.2, 0.25) is 0 Å². The SMILES string of the molecule is O=C1CCCN1CCSCc1ccccc1. The number of likely N-dealkylation sites (tertiary alicyclic amines) is 1. The van der Waals surface area contributed by atoms with Crippen LogP contribution in [0.5, 0.6) is 0 Å². The second-order valence-corrected chi connectivity index (χ2v) is 5.13. The fraction of sp³-hybridized carbons (Fsp3) is 0.462. The molecule has 86 valence electrons. The quantitative estimate of drug-likeness (QED) is 0.731. The van der Waals surface area contributed by atoms with Crippen LogP contribution in [0, 0.1) is 0 Å². The lowest BCUT2D eigenvalue weighted by molar-refractivity contribution is -0.127. The normalized spacial score (nSPS) is 15.8. The van der Waals surface area contributed by atoms with E-state index in [-0.39, 0.29) is 0 Å². The van der Waals surface area contributed by atoms with Crippen molar-refractivity contribution in [2.45, 2.75) is 18.6 Å². The van der Waals surface area contributed by atoms with Crippen LogP contribution < -0.4 is 0 Å². The number of hydrogen-bond donors (Lipinski definition) is 0. The third-order valence-corrected chi connectivity index (χ3v) is 3.80. The number of hydrogen-bond acceptors (Lipinski definition) is 2. The Morgan fingerprint density at radius 2 is 2.06 bits per heavy atom. The summed E-state index contributed by atoms with van der Waals surface area (Å²) in [6, 6.07) is 10.5. The van der Waals surface area contributed by atoms with E-state index in [1.165, 1.54) is 5.56 Å². The highest BCUT2D eigenvalue weighted by Gasteiger charge is 2.18. The highest BCUT2D eigenvalue weighted by Crippen LogP contribution is 2.14. The molecule has 1 aliphatic heterocycles. The monoisotopic (exact) mass is 235 g/mol. The summed E-state index contributed by atoms with van der Waals surface area (Å²) < 4.78 is 0. The van der Waals surface area contributed by atoms with Gasteiger partial charge < -0.3 is 4.90 Å². The van der Waals surface area contributed by atoms with Crippen LogP contribution in [0.25, 0.3) is 0 Å². The van der Waals surface area contributed by atoms with E-state index in [0.717, 1.165) is 37.4 Å². The van der Waals surface area contributed by atoms with Gasteiger partial charge in [0.15, 0.2) is 0 Å². The predicted octanol–water partition coefficient (Wildman–Crippen LogP) is 2.54. The van der Waals surface area contributed by atoms with Gasteiger partial charge in [-0.1, -0.05) is 30.3 Å². The van der Waals surface area contributed by atoms with E-state index in [9.17, 15) is 4.79 Å². The molecule has 0 saturated carbocycles. The van der Waals surface area contributed by atoms with Crippen LogP contribution in [0.4, 0.5) is 0 Å². The standard InChI is InChI=1S/C13H17NOS/c15-13-7-4-8-14(13)9-10-16-11-12-5-2-1-3-6-12/h1-3,5-6H,4,7-11H2. The molecule has 2 nitrogen and oxygen atoms in total. The highest BCUT2D eigenvalue weighted by atomic mass is 32.2. The van der Waals surface area contributed by atoms with Crippen LogP contribution in [0.1, 0.15) is 18.4 Å². The first-order valence-corrected chi connectivity index (χ1v) is 6.91. The molecule has 0 unspecified atom stereocenters. The van der Waals surface area contributed by atoms with Crippen molar-refractivity contribution in [3.8, 4) is 0 Å². The summed E-state index contributed by atoms with van der Waals surface area (Å²) >= 11 is 1.90. The van der Waals surface area contributed by atoms with Gasteiger partial charge >= 0.3 is 0 Å². The van der Waals surface area contributed by atoms with E-state index in [1.807, 2.05) is 22.7 Å². The van der Waals surface area contributed by atoms with Gasteiger partial charge in [0.1, 0.15) is 0 Å². The molecule has 3 heteroatoms. The number of carbonyl (C=O) groups excluding carboxylic acids is 1. The molecule has 0 aliphatic carbocycles. The van der Waals surface area contributed by atoms with Crippen molar-refractivity contribution in [1.82, 2.24) is 4.90 Å². The number of nitrogens with zero attached hydrogens (tertiary/aromatic N) is 1. The Kier molecular flexibility index (Phi) is 4.28. The number of amides is 1. The van der Waals surface area contributed by atoms with Crippen LogP contribution in [0.3, 0.4) is 0 Å². The van der Waals surface area contributed by atoms with Crippen LogP contribution in [-0.2, 0) is 10.5 Å². The zero-order valence-corrected chi connectivity index (χ0v) is 10.2. The van der Waals surface area contributed by atoms with Gasteiger partial charge in [-0.2, -0.15) is 11.8 Å². The predicted molar refractivity (Wildman–Crippen MR) is 68.4 cm³/mol. The Morgan fingerprint density at radius 3 is 2.75 bits per heavy atom. The molecule has 1 saturated heterocycles. The zero-order valence-electron chi connectivity index (χ0n) is 9.39. The molecule has 1 aromatic rings. The van der Waals surface area contributed by atoms with Crippen molar-refractivity contribution in [2.75, 3.05) is 18.8 Å². The molecule has 0 N–H and O–H groups in total. The molecule has 2 rings (SSSR count). The Morgan fingerprint density at radius 1 is 1.25 bits per heavy atom. The summed E-state index contributed by atoms with van der Waals surface area (Å²) in [4.78, 5) is 13.3. The molecule has 0 atom stereocenters. The Hall–Kier alpha value is -0.960. The first-order chi connectivity index (χ1) is 7.86. The van der Waals surface area contributed by atoms with E-state index in [0.29, 0.717) is 5.91 Å². The molecular weight excluding hydrogens is 218 g/mol. The molecule has 1 fully saturated rings. The van der Waals surface area contributed by atoms with Crippen LogP contribution in [0.15, 0.2) is 30.3 Å². The van der Waals surface area contributed by atoms with Gasteiger partial charge in [0, 0.05) is 31.0 Å². The molecule has 0 aromatic heterocycles. The van der Waals surface area contributed by atoms with Crippen molar-refractivity contribution >= 4 is 17.7 Å². The molecule has 1 amide bonds. The lowest BCUT2D eigenvalue weighted by Crippen LogP contribution is -2.26. The molecule has 0 spiro atoms. The number of carbonyl (C=O) groups is 1. The van der Waals surface area contributed by atoms with Gasteiger partial charge in [-0.3, -0.25) is 4.79 Å². The van der Waals surface area contributed by atoms with E-state index < -0.39 is 0 Å². The van der Waals surface area contributed by atoms with Gasteiger partial charge in [0.05, 0.1) is 0 Å². The summed E-state index contributed by atoms with van der Waals surface area (Å²) in [5.41, 5.74) is 1.36. The number of rotatable bonds is 5. The van der Waals surface area contributed by atoms with Crippen molar-refractivity contribution < 1.29 is 4.79 Å². The third-order valence-electron chi connectivity index (χ3n) is 2.79. The Labute approximate surface area is 101 Å². The number of benzene rings is 1. The van der Waals surface area contributed by atoms with Gasteiger partial charge in [-0.05, 0) is 12.0 Å². The van der Waals surface area contributed by atoms with Crippen molar-refractivity contribution in [3.05, 3.63) is 35.9 Å². The van der Waals surface area contributed by atoms with Gasteiger partial charge in [0.2, 0.25) is 5.91 Å². The lowest BCUT2D eigenvalue weighted by Gasteiger charge is -2.14. The maximum atomic E-state index is 11.4.